The molecule has 3 heterocycles. The topological polar surface area (TPSA) is 89.9 Å². The highest BCUT2D eigenvalue weighted by atomic mass is 19.4. The molecule has 0 bridgehead atoms. The zero-order valence-corrected chi connectivity index (χ0v) is 16.1. The van der Waals surface area contributed by atoms with E-state index in [1.807, 2.05) is 6.92 Å². The molecule has 1 aliphatic rings. The first kappa shape index (κ1) is 20.0. The van der Waals surface area contributed by atoms with Crippen LogP contribution in [0.5, 0.6) is 0 Å². The maximum atomic E-state index is 12.9. The van der Waals surface area contributed by atoms with Crippen LogP contribution in [0.3, 0.4) is 0 Å². The lowest BCUT2D eigenvalue weighted by Crippen LogP contribution is -2.39. The summed E-state index contributed by atoms with van der Waals surface area (Å²) < 4.78 is 45.6. The molecule has 0 aliphatic carbocycles. The predicted molar refractivity (Wildman–Crippen MR) is 98.3 cm³/mol. The lowest BCUT2D eigenvalue weighted by molar-refractivity contribution is -0.137. The molecule has 1 aliphatic heterocycles. The van der Waals surface area contributed by atoms with Gasteiger partial charge >= 0.3 is 6.18 Å². The van der Waals surface area contributed by atoms with Crippen LogP contribution in [0.4, 0.5) is 13.2 Å². The molecule has 1 aromatic carbocycles. The smallest absolute Gasteiger partial charge is 0.338 e. The number of likely N-dealkylation sites (tertiary alicyclic amines) is 1. The van der Waals surface area contributed by atoms with E-state index in [4.69, 9.17) is 4.52 Å². The van der Waals surface area contributed by atoms with Gasteiger partial charge < -0.3 is 9.42 Å². The summed E-state index contributed by atoms with van der Waals surface area (Å²) in [6, 6.07) is 4.53. The van der Waals surface area contributed by atoms with Crippen molar-refractivity contribution in [1.82, 2.24) is 30.0 Å². The number of aromatic nitrogens is 5. The van der Waals surface area contributed by atoms with Crippen molar-refractivity contribution in [2.24, 2.45) is 0 Å². The fourth-order valence-electron chi connectivity index (χ4n) is 3.40. The second-order valence-electron chi connectivity index (χ2n) is 7.06. The van der Waals surface area contributed by atoms with Gasteiger partial charge in [-0.15, -0.1) is 5.10 Å². The molecule has 0 saturated carbocycles. The van der Waals surface area contributed by atoms with Crippen LogP contribution in [0, 0.1) is 0 Å². The Morgan fingerprint density at radius 1 is 1.27 bits per heavy atom. The number of rotatable bonds is 4. The number of amides is 1. The molecular weight excluding hydrogens is 401 g/mol. The minimum Gasteiger partial charge on any atom is -0.338 e. The predicted octanol–water partition coefficient (Wildman–Crippen LogP) is 3.39. The fourth-order valence-corrected chi connectivity index (χ4v) is 3.40. The van der Waals surface area contributed by atoms with Gasteiger partial charge in [0.15, 0.2) is 11.5 Å². The standard InChI is InChI=1S/C19H19F3N6O2/c1-2-16-23-17(30-25-16)15-11-28(26-24-15)14-6-8-27(9-7-14)18(29)12-4-3-5-13(10-12)19(20,21)22/h3-5,10-11,14H,2,6-9H2,1H3. The van der Waals surface area contributed by atoms with E-state index < -0.39 is 17.6 Å². The van der Waals surface area contributed by atoms with Crippen molar-refractivity contribution in [3.63, 3.8) is 0 Å². The Bertz CT molecular complexity index is 1040. The van der Waals surface area contributed by atoms with Gasteiger partial charge in [-0.1, -0.05) is 23.4 Å². The highest BCUT2D eigenvalue weighted by Gasteiger charge is 2.32. The fraction of sp³-hybridized carbons (Fsp3) is 0.421. The molecule has 30 heavy (non-hydrogen) atoms. The molecule has 158 valence electrons. The first-order valence-corrected chi connectivity index (χ1v) is 9.56. The highest BCUT2D eigenvalue weighted by molar-refractivity contribution is 5.94. The van der Waals surface area contributed by atoms with Crippen LogP contribution in [0.1, 0.15) is 47.6 Å². The number of carbonyl (C=O) groups excluding carboxylic acids is 1. The summed E-state index contributed by atoms with van der Waals surface area (Å²) in [5, 5.41) is 12.0. The van der Waals surface area contributed by atoms with Gasteiger partial charge in [-0.3, -0.25) is 4.79 Å². The summed E-state index contributed by atoms with van der Waals surface area (Å²) in [7, 11) is 0. The summed E-state index contributed by atoms with van der Waals surface area (Å²) in [4.78, 5) is 18.4. The lowest BCUT2D eigenvalue weighted by Gasteiger charge is -2.32. The van der Waals surface area contributed by atoms with E-state index in [0.717, 1.165) is 12.1 Å². The van der Waals surface area contributed by atoms with Crippen molar-refractivity contribution in [3.8, 4) is 11.6 Å². The number of hydrogen-bond acceptors (Lipinski definition) is 6. The second-order valence-corrected chi connectivity index (χ2v) is 7.06. The van der Waals surface area contributed by atoms with Crippen LogP contribution in [0.15, 0.2) is 35.0 Å². The first-order chi connectivity index (χ1) is 14.3. The first-order valence-electron chi connectivity index (χ1n) is 9.56. The van der Waals surface area contributed by atoms with E-state index in [1.165, 1.54) is 12.1 Å². The normalized spacial score (nSPS) is 15.5. The number of halogens is 3. The van der Waals surface area contributed by atoms with E-state index in [-0.39, 0.29) is 11.6 Å². The number of carbonyl (C=O) groups is 1. The van der Waals surface area contributed by atoms with E-state index in [1.54, 1.807) is 15.8 Å². The van der Waals surface area contributed by atoms with Gasteiger partial charge in [0.25, 0.3) is 11.8 Å². The lowest BCUT2D eigenvalue weighted by atomic mass is 10.0. The zero-order valence-electron chi connectivity index (χ0n) is 16.1. The SMILES string of the molecule is CCc1noc(-c2cn(C3CCN(C(=O)c4cccc(C(F)(F)F)c4)CC3)nn2)n1. The minimum atomic E-state index is -4.48. The third kappa shape index (κ3) is 4.05. The molecule has 0 spiro atoms. The number of aryl methyl sites for hydroxylation is 1. The Morgan fingerprint density at radius 3 is 2.70 bits per heavy atom. The van der Waals surface area contributed by atoms with Crippen molar-refractivity contribution in [3.05, 3.63) is 47.4 Å². The molecule has 8 nitrogen and oxygen atoms in total. The average Bonchev–Trinajstić information content (AvgIpc) is 3.42. The van der Waals surface area contributed by atoms with Gasteiger partial charge in [-0.05, 0) is 31.0 Å². The van der Waals surface area contributed by atoms with Gasteiger partial charge in [0.1, 0.15) is 0 Å². The number of alkyl halides is 3. The highest BCUT2D eigenvalue weighted by Crippen LogP contribution is 2.30. The van der Waals surface area contributed by atoms with E-state index in [9.17, 15) is 18.0 Å². The third-order valence-electron chi connectivity index (χ3n) is 5.08. The third-order valence-corrected chi connectivity index (χ3v) is 5.08. The average molecular weight is 420 g/mol. The van der Waals surface area contributed by atoms with Crippen molar-refractivity contribution in [2.45, 2.75) is 38.4 Å². The van der Waals surface area contributed by atoms with Crippen LogP contribution < -0.4 is 0 Å². The Kier molecular flexibility index (Phi) is 5.27. The molecule has 0 atom stereocenters. The van der Waals surface area contributed by atoms with Gasteiger partial charge in [-0.25, -0.2) is 4.68 Å². The number of piperidine rings is 1. The molecule has 1 saturated heterocycles. The van der Waals surface area contributed by atoms with Crippen molar-refractivity contribution in [1.29, 1.82) is 0 Å². The maximum absolute atomic E-state index is 12.9. The Hall–Kier alpha value is -3.24. The molecule has 1 amide bonds. The quantitative estimate of drug-likeness (QED) is 0.643. The van der Waals surface area contributed by atoms with Crippen molar-refractivity contribution >= 4 is 5.91 Å². The molecule has 2 aromatic heterocycles. The molecule has 0 unspecified atom stereocenters. The molecule has 0 N–H and O–H groups in total. The van der Waals surface area contributed by atoms with Crippen molar-refractivity contribution < 1.29 is 22.5 Å². The zero-order chi connectivity index (χ0) is 21.3. The van der Waals surface area contributed by atoms with Gasteiger partial charge in [0.2, 0.25) is 0 Å². The largest absolute Gasteiger partial charge is 0.416 e. The van der Waals surface area contributed by atoms with Crippen LogP contribution >= 0.6 is 0 Å². The number of benzene rings is 1. The van der Waals surface area contributed by atoms with E-state index >= 15 is 0 Å². The summed E-state index contributed by atoms with van der Waals surface area (Å²) in [6.07, 6.45) is -0.892. The summed E-state index contributed by atoms with van der Waals surface area (Å²) in [5.74, 6) is 0.480. The van der Waals surface area contributed by atoms with Gasteiger partial charge in [0, 0.05) is 25.1 Å². The molecule has 1 fully saturated rings. The monoisotopic (exact) mass is 420 g/mol. The van der Waals surface area contributed by atoms with Crippen LogP contribution in [0.25, 0.3) is 11.6 Å². The van der Waals surface area contributed by atoms with Crippen molar-refractivity contribution in [2.75, 3.05) is 13.1 Å². The molecule has 4 rings (SSSR count). The van der Waals surface area contributed by atoms with Gasteiger partial charge in [-0.2, -0.15) is 18.2 Å². The summed E-state index contributed by atoms with van der Waals surface area (Å²) in [6.45, 7) is 2.74. The van der Waals surface area contributed by atoms with Crippen LogP contribution in [-0.2, 0) is 12.6 Å². The number of nitrogens with zero attached hydrogens (tertiary/aromatic N) is 6. The molecule has 0 radical (unpaired) electrons. The minimum absolute atomic E-state index is 0.0189. The summed E-state index contributed by atoms with van der Waals surface area (Å²) in [5.41, 5.74) is -0.315. The van der Waals surface area contributed by atoms with E-state index in [2.05, 4.69) is 20.5 Å². The van der Waals surface area contributed by atoms with Crippen LogP contribution in [-0.4, -0.2) is 49.0 Å². The Labute approximate surface area is 169 Å². The maximum Gasteiger partial charge on any atom is 0.416 e. The summed E-state index contributed by atoms with van der Waals surface area (Å²) >= 11 is 0. The van der Waals surface area contributed by atoms with Gasteiger partial charge in [0.05, 0.1) is 17.8 Å². The number of hydrogen-bond donors (Lipinski definition) is 0. The van der Waals surface area contributed by atoms with Crippen LogP contribution in [0.2, 0.25) is 0 Å². The second kappa shape index (κ2) is 7.88. The van der Waals surface area contributed by atoms with E-state index in [0.29, 0.717) is 49.8 Å². The Balaban J connectivity index is 1.40. The Morgan fingerprint density at radius 2 is 2.03 bits per heavy atom. The molecular formula is C19H19F3N6O2. The molecule has 3 aromatic rings. The molecule has 11 heteroatoms.